The normalized spacial score (nSPS) is 11.7. The van der Waals surface area contributed by atoms with Crippen LogP contribution in [-0.2, 0) is 6.42 Å². The van der Waals surface area contributed by atoms with E-state index in [-0.39, 0.29) is 5.82 Å². The third kappa shape index (κ3) is 5.59. The second kappa shape index (κ2) is 12.9. The molecule has 50 heavy (non-hydrogen) atoms. The minimum Gasteiger partial charge on any atom is -0.294 e. The summed E-state index contributed by atoms with van der Waals surface area (Å²) in [5.41, 5.74) is 11.3. The van der Waals surface area contributed by atoms with Crippen LogP contribution < -0.4 is 0 Å². The Bertz CT molecular complexity index is 2440. The maximum atomic E-state index is 14.1. The van der Waals surface area contributed by atoms with Crippen molar-refractivity contribution < 1.29 is 4.39 Å². The van der Waals surface area contributed by atoms with E-state index in [0.29, 0.717) is 11.8 Å². The van der Waals surface area contributed by atoms with E-state index in [4.69, 9.17) is 9.97 Å². The number of pyridine rings is 1. The van der Waals surface area contributed by atoms with Crippen molar-refractivity contribution in [1.82, 2.24) is 19.1 Å². The van der Waals surface area contributed by atoms with Gasteiger partial charge in [0.2, 0.25) is 0 Å². The van der Waals surface area contributed by atoms with E-state index in [9.17, 15) is 4.39 Å². The Hall–Kier alpha value is -5.81. The molecule has 246 valence electrons. The molecule has 0 saturated heterocycles. The second-order valence-electron chi connectivity index (χ2n) is 13.7. The van der Waals surface area contributed by atoms with E-state index in [0.717, 1.165) is 51.6 Å². The van der Waals surface area contributed by atoms with Gasteiger partial charge < -0.3 is 0 Å². The van der Waals surface area contributed by atoms with Crippen LogP contribution in [0.2, 0.25) is 0 Å². The molecule has 0 atom stereocenters. The zero-order valence-corrected chi connectivity index (χ0v) is 28.8. The highest BCUT2D eigenvalue weighted by Crippen LogP contribution is 2.39. The van der Waals surface area contributed by atoms with Gasteiger partial charge in [-0.3, -0.25) is 9.13 Å². The van der Waals surface area contributed by atoms with Gasteiger partial charge in [0.15, 0.2) is 0 Å². The van der Waals surface area contributed by atoms with Crippen molar-refractivity contribution in [2.24, 2.45) is 0 Å². The molecule has 0 aliphatic carbocycles. The number of imidazole rings is 1. The third-order valence-electron chi connectivity index (χ3n) is 9.68. The van der Waals surface area contributed by atoms with Crippen molar-refractivity contribution in [2.75, 3.05) is 0 Å². The number of fused-ring (bicyclic) bond motifs is 3. The fourth-order valence-corrected chi connectivity index (χ4v) is 7.29. The summed E-state index contributed by atoms with van der Waals surface area (Å²) in [6, 6.07) is 43.4. The topological polar surface area (TPSA) is 35.6 Å². The SMILES string of the molecule is CC(C)c1cccc(C(C)C)c1-n1c(-c2ccc(F)cc2)cnc1-c1cccc(Cc2ccc3c4ccccc4n(-c4ccccn4)c3c2)c1. The van der Waals surface area contributed by atoms with Crippen LogP contribution in [0.15, 0.2) is 140 Å². The van der Waals surface area contributed by atoms with Crippen LogP contribution in [0.25, 0.3) is 56.0 Å². The Morgan fingerprint density at radius 3 is 2.02 bits per heavy atom. The molecule has 4 nitrogen and oxygen atoms in total. The molecule has 0 aliphatic rings. The van der Waals surface area contributed by atoms with Crippen molar-refractivity contribution in [2.45, 2.75) is 46.0 Å². The molecule has 0 spiro atoms. The highest BCUT2D eigenvalue weighted by atomic mass is 19.1. The minimum atomic E-state index is -0.253. The Labute approximate surface area is 292 Å². The molecule has 5 heteroatoms. The summed E-state index contributed by atoms with van der Waals surface area (Å²) in [7, 11) is 0. The summed E-state index contributed by atoms with van der Waals surface area (Å²) >= 11 is 0. The Balaban J connectivity index is 1.26. The van der Waals surface area contributed by atoms with Crippen molar-refractivity contribution in [3.63, 3.8) is 0 Å². The van der Waals surface area contributed by atoms with Gasteiger partial charge in [0.1, 0.15) is 17.5 Å². The molecule has 8 aromatic rings. The molecule has 0 aliphatic heterocycles. The number of rotatable bonds is 8. The van der Waals surface area contributed by atoms with Crippen LogP contribution in [-0.4, -0.2) is 19.1 Å². The lowest BCUT2D eigenvalue weighted by atomic mass is 9.92. The average molecular weight is 655 g/mol. The molecule has 3 aromatic heterocycles. The number of hydrogen-bond acceptors (Lipinski definition) is 2. The summed E-state index contributed by atoms with van der Waals surface area (Å²) in [6.07, 6.45) is 4.54. The van der Waals surface area contributed by atoms with Crippen LogP contribution in [0.4, 0.5) is 4.39 Å². The van der Waals surface area contributed by atoms with E-state index < -0.39 is 0 Å². The van der Waals surface area contributed by atoms with Crippen LogP contribution in [0.1, 0.15) is 61.8 Å². The Morgan fingerprint density at radius 2 is 1.28 bits per heavy atom. The maximum absolute atomic E-state index is 14.1. The summed E-state index contributed by atoms with van der Waals surface area (Å²) in [6.45, 7) is 8.95. The number of para-hydroxylation sites is 2. The summed E-state index contributed by atoms with van der Waals surface area (Å²) in [4.78, 5) is 9.79. The quantitative estimate of drug-likeness (QED) is 0.163. The maximum Gasteiger partial charge on any atom is 0.145 e. The zero-order chi connectivity index (χ0) is 34.4. The molecule has 5 aromatic carbocycles. The fraction of sp³-hybridized carbons (Fsp3) is 0.156. The zero-order valence-electron chi connectivity index (χ0n) is 28.8. The smallest absolute Gasteiger partial charge is 0.145 e. The lowest BCUT2D eigenvalue weighted by Gasteiger charge is -2.24. The highest BCUT2D eigenvalue weighted by Gasteiger charge is 2.23. The highest BCUT2D eigenvalue weighted by molar-refractivity contribution is 6.09. The largest absolute Gasteiger partial charge is 0.294 e. The summed E-state index contributed by atoms with van der Waals surface area (Å²) in [5, 5.41) is 2.43. The Kier molecular flexibility index (Phi) is 8.12. The molecular weight excluding hydrogens is 616 g/mol. The molecule has 3 heterocycles. The standard InChI is InChI=1S/C45H39FN4/c1-29(2)36-14-10-15-37(30(3)4)44(36)50-42(33-19-21-35(46)22-20-33)28-48-45(50)34-12-9-11-31(26-34)25-32-18-23-39-38-13-5-6-16-40(38)49(41(39)27-32)43-17-7-8-24-47-43/h5-24,26-30H,25H2,1-4H3. The lowest BCUT2D eigenvalue weighted by molar-refractivity contribution is 0.628. The van der Waals surface area contributed by atoms with Crippen molar-refractivity contribution >= 4 is 21.8 Å². The first kappa shape index (κ1) is 31.5. The molecule has 0 bridgehead atoms. The molecule has 0 fully saturated rings. The lowest BCUT2D eigenvalue weighted by Crippen LogP contribution is -2.10. The van der Waals surface area contributed by atoms with Crippen molar-refractivity contribution in [1.29, 1.82) is 0 Å². The van der Waals surface area contributed by atoms with E-state index in [1.807, 2.05) is 36.7 Å². The first-order valence-electron chi connectivity index (χ1n) is 17.4. The molecule has 0 unspecified atom stereocenters. The Morgan fingerprint density at radius 1 is 0.580 bits per heavy atom. The summed E-state index contributed by atoms with van der Waals surface area (Å²) in [5.74, 6) is 2.11. The van der Waals surface area contributed by atoms with Crippen molar-refractivity contribution in [3.8, 4) is 34.2 Å². The predicted octanol–water partition coefficient (Wildman–Crippen LogP) is 11.7. The van der Waals surface area contributed by atoms with Crippen LogP contribution in [0.5, 0.6) is 0 Å². The number of halogens is 1. The van der Waals surface area contributed by atoms with Gasteiger partial charge in [0, 0.05) is 28.1 Å². The van der Waals surface area contributed by atoms with E-state index in [2.05, 4.69) is 128 Å². The van der Waals surface area contributed by atoms with Gasteiger partial charge in [0.25, 0.3) is 0 Å². The van der Waals surface area contributed by atoms with Gasteiger partial charge in [-0.15, -0.1) is 0 Å². The van der Waals surface area contributed by atoms with Gasteiger partial charge in [-0.05, 0) is 95.1 Å². The molecule has 8 rings (SSSR count). The van der Waals surface area contributed by atoms with Crippen molar-refractivity contribution in [3.05, 3.63) is 168 Å². The molecular formula is C45H39FN4. The molecule has 0 amide bonds. The minimum absolute atomic E-state index is 0.253. The van der Waals surface area contributed by atoms with Crippen LogP contribution >= 0.6 is 0 Å². The van der Waals surface area contributed by atoms with E-state index in [1.54, 1.807) is 0 Å². The first-order chi connectivity index (χ1) is 24.4. The third-order valence-corrected chi connectivity index (χ3v) is 9.68. The first-order valence-corrected chi connectivity index (χ1v) is 17.4. The monoisotopic (exact) mass is 654 g/mol. The van der Waals surface area contributed by atoms with E-state index in [1.165, 1.54) is 45.2 Å². The van der Waals surface area contributed by atoms with Gasteiger partial charge in [-0.1, -0.05) is 100 Å². The number of aromatic nitrogens is 4. The molecule has 0 N–H and O–H groups in total. The number of hydrogen-bond donors (Lipinski definition) is 0. The van der Waals surface area contributed by atoms with Gasteiger partial charge >= 0.3 is 0 Å². The van der Waals surface area contributed by atoms with Gasteiger partial charge in [-0.25, -0.2) is 14.4 Å². The van der Waals surface area contributed by atoms with Crippen LogP contribution in [0.3, 0.4) is 0 Å². The molecule has 0 saturated carbocycles. The number of nitrogens with zero attached hydrogens (tertiary/aromatic N) is 4. The number of benzene rings is 5. The fourth-order valence-electron chi connectivity index (χ4n) is 7.29. The van der Waals surface area contributed by atoms with Gasteiger partial charge in [0.05, 0.1) is 28.6 Å². The van der Waals surface area contributed by atoms with Gasteiger partial charge in [-0.2, -0.15) is 0 Å². The predicted molar refractivity (Wildman–Crippen MR) is 204 cm³/mol. The molecule has 0 radical (unpaired) electrons. The van der Waals surface area contributed by atoms with E-state index >= 15 is 0 Å². The summed E-state index contributed by atoms with van der Waals surface area (Å²) < 4.78 is 18.6. The van der Waals surface area contributed by atoms with Crippen LogP contribution in [0, 0.1) is 5.82 Å². The second-order valence-corrected chi connectivity index (χ2v) is 13.7. The average Bonchev–Trinajstić information content (AvgIpc) is 3.71.